The van der Waals surface area contributed by atoms with Gasteiger partial charge in [0, 0.05) is 72.8 Å². The molecule has 0 aromatic heterocycles. The fourth-order valence-corrected chi connectivity index (χ4v) is 16.0. The lowest BCUT2D eigenvalue weighted by atomic mass is 10.3. The lowest BCUT2D eigenvalue weighted by molar-refractivity contribution is 0.366. The van der Waals surface area contributed by atoms with E-state index in [9.17, 15) is 0 Å². The normalized spacial score (nSPS) is 16.3. The number of methoxy groups -OCH3 is 6. The van der Waals surface area contributed by atoms with Crippen molar-refractivity contribution in [3.63, 3.8) is 0 Å². The second kappa shape index (κ2) is 13.7. The molecule has 13 rings (SSSR count). The van der Waals surface area contributed by atoms with Gasteiger partial charge in [-0.05, 0) is 0 Å². The molecule has 0 saturated heterocycles. The van der Waals surface area contributed by atoms with Crippen LogP contribution in [-0.2, 0) is 0 Å². The molecule has 21 nitrogen and oxygen atoms in total. The summed E-state index contributed by atoms with van der Waals surface area (Å²) in [7, 11) is -4.97. The number of hydrogen-bond acceptors (Lipinski definition) is 21. The van der Waals surface area contributed by atoms with Gasteiger partial charge >= 0.3 is 23.0 Å². The van der Waals surface area contributed by atoms with Gasteiger partial charge in [-0.2, -0.15) is 0 Å². The van der Waals surface area contributed by atoms with Gasteiger partial charge < -0.3 is 84.0 Å². The van der Waals surface area contributed by atoms with Crippen LogP contribution < -0.4 is 84.0 Å². The van der Waals surface area contributed by atoms with Crippen molar-refractivity contribution in [1.82, 2.24) is 0 Å². The number of ether oxygens (including phenoxy) is 12. The van der Waals surface area contributed by atoms with Gasteiger partial charge in [0.25, 0.3) is 0 Å². The maximum atomic E-state index is 7.07. The summed E-state index contributed by atoms with van der Waals surface area (Å²) in [5, 5.41) is 0. The third-order valence-electron chi connectivity index (χ3n) is 10.4. The fraction of sp³-hybridized carbons (Fsp3) is 0.143. The highest BCUT2D eigenvalue weighted by Gasteiger charge is 2.52. The molecule has 0 unspecified atom stereocenters. The molecule has 336 valence electrons. The topological polar surface area (TPSA) is 223 Å². The molecule has 0 N–H and O–H groups in total. The van der Waals surface area contributed by atoms with E-state index in [1.165, 1.54) is 42.7 Å². The molecule has 0 spiro atoms. The van der Waals surface area contributed by atoms with Crippen LogP contribution in [0.4, 0.5) is 0 Å². The van der Waals surface area contributed by atoms with E-state index >= 15 is 0 Å². The Hall–Kier alpha value is -7.59. The highest BCUT2D eigenvalue weighted by molar-refractivity contribution is 7.79. The van der Waals surface area contributed by atoms with Gasteiger partial charge in [0.05, 0.1) is 42.7 Å². The van der Waals surface area contributed by atoms with Gasteiger partial charge in [-0.3, -0.25) is 0 Å². The Labute approximate surface area is 373 Å². The number of benzene rings is 6. The van der Waals surface area contributed by atoms with Crippen molar-refractivity contribution in [3.05, 3.63) is 72.8 Å². The second-order valence-electron chi connectivity index (χ2n) is 14.6. The molecule has 0 amide bonds. The average Bonchev–Trinajstić information content (AvgIpc) is 4.07. The van der Waals surface area contributed by atoms with E-state index in [1.54, 1.807) is 72.8 Å². The zero-order valence-corrected chi connectivity index (χ0v) is 37.6. The molecule has 6 aromatic rings. The van der Waals surface area contributed by atoms with Crippen molar-refractivity contribution in [2.24, 2.45) is 13.5 Å². The lowest BCUT2D eigenvalue weighted by Crippen LogP contribution is -2.12. The molecule has 7 aliphatic rings. The third-order valence-corrected chi connectivity index (χ3v) is 18.5. The molecular formula is C42H30N3O18P3. The third kappa shape index (κ3) is 6.73. The first-order chi connectivity index (χ1) is 32.1. The Bertz CT molecular complexity index is 2810. The van der Waals surface area contributed by atoms with Crippen molar-refractivity contribution in [1.29, 1.82) is 0 Å². The summed E-state index contributed by atoms with van der Waals surface area (Å²) in [4.78, 5) is 0. The first-order valence-electron chi connectivity index (χ1n) is 19.6. The molecule has 0 bridgehead atoms. The summed E-state index contributed by atoms with van der Waals surface area (Å²) in [5.41, 5.74) is 0. The standard InChI is InChI=1S/C42H30N3O18P3/c1-46-19-7-25-31(52-25)13-37(19)58-64(59-38-14-32-26(53-32)8-20(38)47-2)43-65(60-39-15-33-27(54-33)9-21(39)48-3,61-40-16-34-28(55-34)10-22(40)49-4)45-66(44-64,62-41-17-35-29(56-35)11-23(41)50-5)63-42-18-36-30(57-36)12-24(42)51-6/h7-18H,1-6H3. The number of fused-ring (bicyclic) bond motifs is 6. The minimum Gasteiger partial charge on any atom is -0.493 e. The Morgan fingerprint density at radius 3 is 0.515 bits per heavy atom. The van der Waals surface area contributed by atoms with Crippen molar-refractivity contribution >= 4 is 23.0 Å². The minimum absolute atomic E-state index is 0.0896. The summed E-state index contributed by atoms with van der Waals surface area (Å²) in [6.07, 6.45) is 0. The molecular weight excluding hydrogens is 927 g/mol. The van der Waals surface area contributed by atoms with Crippen LogP contribution in [0.3, 0.4) is 0 Å². The predicted molar refractivity (Wildman–Crippen MR) is 230 cm³/mol. The molecule has 24 heteroatoms. The Balaban J connectivity index is 1.14. The van der Waals surface area contributed by atoms with Crippen LogP contribution in [0.15, 0.2) is 86.3 Å². The zero-order chi connectivity index (χ0) is 44.7. The second-order valence-corrected chi connectivity index (χ2v) is 20.8. The van der Waals surface area contributed by atoms with Gasteiger partial charge in [-0.25, -0.2) is 0 Å². The van der Waals surface area contributed by atoms with Gasteiger partial charge in [0.2, 0.25) is 0 Å². The quantitative estimate of drug-likeness (QED) is 0.0576. The minimum atomic E-state index is -4.59. The van der Waals surface area contributed by atoms with Crippen LogP contribution in [0.2, 0.25) is 0 Å². The first-order valence-corrected chi connectivity index (χ1v) is 24.2. The van der Waals surface area contributed by atoms with Gasteiger partial charge in [0.1, 0.15) is 0 Å². The van der Waals surface area contributed by atoms with Crippen LogP contribution in [-0.4, -0.2) is 42.7 Å². The monoisotopic (exact) mass is 957 g/mol. The Morgan fingerprint density at radius 2 is 0.379 bits per heavy atom. The molecule has 0 saturated carbocycles. The molecule has 0 aliphatic carbocycles. The van der Waals surface area contributed by atoms with Crippen molar-refractivity contribution < 1.29 is 84.0 Å². The summed E-state index contributed by atoms with van der Waals surface area (Å²) in [6, 6.07) is 19.5. The largest absolute Gasteiger partial charge is 0.493 e. The van der Waals surface area contributed by atoms with Crippen molar-refractivity contribution in [2.75, 3.05) is 42.7 Å². The van der Waals surface area contributed by atoms with Crippen LogP contribution in [0.25, 0.3) is 0 Å². The molecule has 66 heavy (non-hydrogen) atoms. The van der Waals surface area contributed by atoms with E-state index in [0.29, 0.717) is 69.0 Å². The maximum absolute atomic E-state index is 7.07. The van der Waals surface area contributed by atoms with Crippen molar-refractivity contribution in [2.45, 2.75) is 0 Å². The SMILES string of the molecule is COc1cc2c(cc1OP1(Oc3cc4c(cc3OC)O4)=NP(Oc3cc4c(cc3OC)O4)(Oc3cc4c(cc3OC)O4)=NP(Oc3cc4c(cc3OC)O4)(Oc3cc4c(cc3OC)O4)=N1)O2. The highest BCUT2D eigenvalue weighted by atomic mass is 31.3. The van der Waals surface area contributed by atoms with E-state index in [-0.39, 0.29) is 69.0 Å². The van der Waals surface area contributed by atoms with Gasteiger partial charge in [-0.15, -0.1) is 0 Å². The summed E-state index contributed by atoms with van der Waals surface area (Å²) in [6.45, 7) is 0. The molecule has 0 atom stereocenters. The first kappa shape index (κ1) is 38.8. The number of rotatable bonds is 18. The summed E-state index contributed by atoms with van der Waals surface area (Å²) >= 11 is 0. The van der Waals surface area contributed by atoms with E-state index in [0.717, 1.165) is 0 Å². The summed E-state index contributed by atoms with van der Waals surface area (Å²) < 4.78 is 127. The van der Waals surface area contributed by atoms with Gasteiger partial charge in [0.15, 0.2) is 138 Å². The van der Waals surface area contributed by atoms with E-state index in [4.69, 9.17) is 97.5 Å². The average molecular weight is 958 g/mol. The van der Waals surface area contributed by atoms with E-state index < -0.39 is 23.0 Å². The van der Waals surface area contributed by atoms with Crippen LogP contribution in [0, 0.1) is 0 Å². The molecule has 7 aliphatic heterocycles. The molecule has 0 radical (unpaired) electrons. The maximum Gasteiger partial charge on any atom is 0.461 e. The summed E-state index contributed by atoms with van der Waals surface area (Å²) in [5.74, 6) is 8.39. The molecule has 6 aromatic carbocycles. The Morgan fingerprint density at radius 1 is 0.242 bits per heavy atom. The molecule has 7 heterocycles. The molecule has 0 fully saturated rings. The van der Waals surface area contributed by atoms with Crippen LogP contribution in [0.5, 0.6) is 138 Å². The van der Waals surface area contributed by atoms with E-state index in [2.05, 4.69) is 0 Å². The van der Waals surface area contributed by atoms with E-state index in [1.807, 2.05) is 0 Å². The van der Waals surface area contributed by atoms with Gasteiger partial charge in [-0.1, -0.05) is 13.5 Å². The van der Waals surface area contributed by atoms with Crippen LogP contribution in [0.1, 0.15) is 0 Å². The predicted octanol–water partition coefficient (Wildman–Crippen LogP) is 13.0. The van der Waals surface area contributed by atoms with Crippen LogP contribution >= 0.6 is 23.0 Å². The Kier molecular flexibility index (Phi) is 8.07. The fourth-order valence-electron chi connectivity index (χ4n) is 6.96. The zero-order valence-electron chi connectivity index (χ0n) is 35.0. The lowest BCUT2D eigenvalue weighted by Gasteiger charge is -2.33. The highest BCUT2D eigenvalue weighted by Crippen LogP contribution is 2.81. The number of hydrogen-bond donors (Lipinski definition) is 0. The smallest absolute Gasteiger partial charge is 0.461 e. The van der Waals surface area contributed by atoms with Crippen molar-refractivity contribution in [3.8, 4) is 138 Å². The number of nitrogens with zero attached hydrogens (tertiary/aromatic N) is 3.